The Bertz CT molecular complexity index is 3110. The third-order valence-electron chi connectivity index (χ3n) is 18.3. The highest BCUT2D eigenvalue weighted by molar-refractivity contribution is 9.10. The topological polar surface area (TPSA) is 104 Å². The van der Waals surface area contributed by atoms with Crippen LogP contribution in [0.5, 0.6) is 28.7 Å². The van der Waals surface area contributed by atoms with Crippen LogP contribution in [0.4, 0.5) is 18.9 Å². The maximum absolute atomic E-state index is 12.3. The third-order valence-corrected chi connectivity index (χ3v) is 18.7. The van der Waals surface area contributed by atoms with Gasteiger partial charge < -0.3 is 30.4 Å². The van der Waals surface area contributed by atoms with Crippen LogP contribution in [0, 0.1) is 17.8 Å². The Kier molecular flexibility index (Phi) is 24.4. The number of halogens is 4. The molecule has 10 heteroatoms. The second kappa shape index (κ2) is 28.4. The van der Waals surface area contributed by atoms with E-state index in [4.69, 9.17) is 0 Å². The molecule has 9 rings (SSSR count). The van der Waals surface area contributed by atoms with E-state index in [2.05, 4.69) is 216 Å². The van der Waals surface area contributed by atoms with E-state index in [0.29, 0.717) is 52.2 Å². The molecule has 4 fully saturated rings. The van der Waals surface area contributed by atoms with Crippen molar-refractivity contribution in [3.63, 3.8) is 0 Å². The van der Waals surface area contributed by atoms with Crippen molar-refractivity contribution in [2.75, 3.05) is 19.0 Å². The third kappa shape index (κ3) is 18.9. The highest BCUT2D eigenvalue weighted by Crippen LogP contribution is 2.62. The molecule has 4 aliphatic rings. The number of rotatable bonds is 7. The first kappa shape index (κ1) is 75.6. The molecule has 5 aromatic rings. The average molecular weight is 1290 g/mol. The summed E-state index contributed by atoms with van der Waals surface area (Å²) in [6.45, 7) is 53.3. The number of hydrogen-bond donors (Lipinski definition) is 5. The predicted octanol–water partition coefficient (Wildman–Crippen LogP) is 23.4. The van der Waals surface area contributed by atoms with E-state index in [1.807, 2.05) is 26.2 Å². The lowest BCUT2D eigenvalue weighted by Crippen LogP contribution is -2.48. The molecule has 0 unspecified atom stereocenters. The second-order valence-corrected chi connectivity index (χ2v) is 34.0. The maximum atomic E-state index is 12.3. The number of nitrogens with zero attached hydrogens (tertiary/aromatic N) is 1. The number of benzene rings is 5. The van der Waals surface area contributed by atoms with Crippen molar-refractivity contribution < 1.29 is 38.7 Å². The van der Waals surface area contributed by atoms with Crippen molar-refractivity contribution >= 4 is 21.6 Å². The van der Waals surface area contributed by atoms with E-state index in [9.17, 15) is 38.7 Å². The minimum absolute atomic E-state index is 0.0303. The molecule has 4 aliphatic carbocycles. The van der Waals surface area contributed by atoms with Crippen LogP contribution >= 0.6 is 15.9 Å². The van der Waals surface area contributed by atoms with Crippen LogP contribution in [0.3, 0.4) is 0 Å². The Labute approximate surface area is 540 Å². The van der Waals surface area contributed by atoms with Gasteiger partial charge >= 0.3 is 6.18 Å². The molecule has 0 aromatic heterocycles. The molecule has 6 nitrogen and oxygen atoms in total. The van der Waals surface area contributed by atoms with Gasteiger partial charge in [0.15, 0.2) is 0 Å². The first-order chi connectivity index (χ1) is 39.8. The standard InChI is InChI=1S/C23H34O.C17H28O.C15H25NO.C13H19BrO.C10H11F3O/c1-14(2)19-9-18(22(3,4)5)10-20(21(19)24)23-11-15-6-16(12-23)8-17(7-15)13-23;1-11(2)13-9-12(16(3,4)5)10-14(15(13)18)17(6,7)8;1-10(2)12-8-11(16(6)7)9-13(14(12)17)15(3,4)5;1-8(2)10-6-9(14)7-11(12(10)15)13(3,4)5;1-6(2)7-4-3-5-8(9(7)14)10(11,12)13/h9-10,14-17,24H,6-8,11-13H2,1-5H3;9-11,18H,1-8H3;8-10,17H,1-7H3;6-8,15H,1-5H3;3-6,14H,1-2H3. The Morgan fingerprint density at radius 3 is 1.09 bits per heavy atom. The summed E-state index contributed by atoms with van der Waals surface area (Å²) >= 11 is 3.50. The van der Waals surface area contributed by atoms with E-state index in [1.54, 1.807) is 13.8 Å². The highest BCUT2D eigenvalue weighted by Gasteiger charge is 2.53. The minimum Gasteiger partial charge on any atom is -0.507 e. The first-order valence-corrected chi connectivity index (χ1v) is 33.3. The summed E-state index contributed by atoms with van der Waals surface area (Å²) in [5.41, 5.74) is 12.2. The number of alkyl halides is 3. The first-order valence-electron chi connectivity index (χ1n) is 32.6. The van der Waals surface area contributed by atoms with Crippen LogP contribution in [-0.4, -0.2) is 39.6 Å². The zero-order chi connectivity index (χ0) is 67.7. The summed E-state index contributed by atoms with van der Waals surface area (Å²) in [5.74, 6) is 5.34. The predicted molar refractivity (Wildman–Crippen MR) is 371 cm³/mol. The van der Waals surface area contributed by atoms with Gasteiger partial charge in [0, 0.05) is 40.9 Å². The van der Waals surface area contributed by atoms with Crippen LogP contribution in [0.25, 0.3) is 0 Å². The molecule has 4 saturated carbocycles. The SMILES string of the molecule is CC(C)c1cc(Br)cc(C(C)(C)C)c1O.CC(C)c1cc(C(C)(C)C)cc(C(C)(C)C)c1O.CC(C)c1cc(C(C)(C)C)cc(C23CC4CC(CC(C4)C2)C3)c1O.CC(C)c1cc(N(C)C)cc(C(C)(C)C)c1O.CC(C)c1cccc(C(F)(F)F)c1O. The Hall–Kier alpha value is -4.83. The molecular formula is C78H117BrF3NO5. The van der Waals surface area contributed by atoms with Gasteiger partial charge in [0.25, 0.3) is 0 Å². The molecule has 492 valence electrons. The van der Waals surface area contributed by atoms with Crippen molar-refractivity contribution in [3.05, 3.63) is 138 Å². The van der Waals surface area contributed by atoms with Crippen molar-refractivity contribution in [1.29, 1.82) is 0 Å². The number of hydrogen-bond acceptors (Lipinski definition) is 6. The van der Waals surface area contributed by atoms with Gasteiger partial charge in [-0.15, -0.1) is 0 Å². The van der Waals surface area contributed by atoms with E-state index in [1.165, 1.54) is 67.3 Å². The van der Waals surface area contributed by atoms with Gasteiger partial charge in [-0.1, -0.05) is 225 Å². The molecule has 4 bridgehead atoms. The summed E-state index contributed by atoms with van der Waals surface area (Å²) in [5, 5.41) is 51.7. The van der Waals surface area contributed by atoms with Gasteiger partial charge in [-0.05, 0) is 193 Å². The van der Waals surface area contributed by atoms with Gasteiger partial charge in [0.05, 0.1) is 5.56 Å². The van der Waals surface area contributed by atoms with Gasteiger partial charge in [0.1, 0.15) is 28.7 Å². The second-order valence-electron chi connectivity index (χ2n) is 33.1. The smallest absolute Gasteiger partial charge is 0.419 e. The molecule has 0 atom stereocenters. The zero-order valence-electron chi connectivity index (χ0n) is 59.4. The number of phenols is 5. The van der Waals surface area contributed by atoms with Crippen LogP contribution < -0.4 is 4.90 Å². The molecule has 0 amide bonds. The maximum Gasteiger partial charge on any atom is 0.419 e. The summed E-state index contributed by atoms with van der Waals surface area (Å²) in [6.07, 6.45) is 3.82. The quantitative estimate of drug-likeness (QED) is 0.111. The molecule has 0 radical (unpaired) electrons. The normalized spacial score (nSPS) is 18.6. The monoisotopic (exact) mass is 1280 g/mol. The largest absolute Gasteiger partial charge is 0.507 e. The lowest BCUT2D eigenvalue weighted by atomic mass is 9.47. The molecule has 5 aromatic carbocycles. The van der Waals surface area contributed by atoms with Gasteiger partial charge in [0.2, 0.25) is 0 Å². The molecule has 88 heavy (non-hydrogen) atoms. The van der Waals surface area contributed by atoms with Crippen molar-refractivity contribution in [2.45, 2.75) is 280 Å². The molecule has 0 aliphatic heterocycles. The van der Waals surface area contributed by atoms with E-state index < -0.39 is 17.5 Å². The Balaban J connectivity index is 0.000000239. The minimum atomic E-state index is -4.49. The van der Waals surface area contributed by atoms with Crippen LogP contribution in [0.2, 0.25) is 0 Å². The van der Waals surface area contributed by atoms with E-state index in [-0.39, 0.29) is 38.4 Å². The molecule has 0 heterocycles. The summed E-state index contributed by atoms with van der Waals surface area (Å²) in [7, 11) is 4.06. The fourth-order valence-electron chi connectivity index (χ4n) is 13.3. The van der Waals surface area contributed by atoms with E-state index in [0.717, 1.165) is 72.9 Å². The zero-order valence-corrected chi connectivity index (χ0v) is 61.0. The summed E-state index contributed by atoms with van der Waals surface area (Å²) < 4.78 is 38.0. The average Bonchev–Trinajstić information content (AvgIpc) is 1.00. The Morgan fingerprint density at radius 2 is 0.739 bits per heavy atom. The molecule has 5 N–H and O–H groups in total. The van der Waals surface area contributed by atoms with Crippen molar-refractivity contribution in [2.24, 2.45) is 17.8 Å². The fourth-order valence-corrected chi connectivity index (χ4v) is 13.8. The summed E-state index contributed by atoms with van der Waals surface area (Å²) in [4.78, 5) is 2.08. The van der Waals surface area contributed by atoms with Crippen LogP contribution in [0.15, 0.2) is 71.2 Å². The van der Waals surface area contributed by atoms with Crippen molar-refractivity contribution in [3.8, 4) is 28.7 Å². The number of para-hydroxylation sites is 1. The van der Waals surface area contributed by atoms with Gasteiger partial charge in [-0.2, -0.15) is 13.2 Å². The fraction of sp³-hybridized carbons (Fsp3) is 0.615. The lowest BCUT2D eigenvalue weighted by Gasteiger charge is -2.57. The lowest BCUT2D eigenvalue weighted by molar-refractivity contribution is -0.138. The number of phenolic OH excluding ortho intramolecular Hbond substituents is 5. The number of aromatic hydroxyl groups is 5. The number of anilines is 1. The van der Waals surface area contributed by atoms with Crippen LogP contribution in [0.1, 0.15) is 308 Å². The van der Waals surface area contributed by atoms with E-state index >= 15 is 0 Å². The highest BCUT2D eigenvalue weighted by atomic mass is 79.9. The van der Waals surface area contributed by atoms with Crippen molar-refractivity contribution in [1.82, 2.24) is 0 Å². The summed E-state index contributed by atoms with van der Waals surface area (Å²) in [6, 6.07) is 20.8. The molecule has 0 saturated heterocycles. The van der Waals surface area contributed by atoms with Gasteiger partial charge in [-0.25, -0.2) is 0 Å². The molecular weight excluding hydrogens is 1170 g/mol. The molecule has 0 spiro atoms. The van der Waals surface area contributed by atoms with Crippen LogP contribution in [-0.2, 0) is 38.7 Å². The van der Waals surface area contributed by atoms with Gasteiger partial charge in [-0.3, -0.25) is 0 Å². The Morgan fingerprint density at radius 1 is 0.409 bits per heavy atom.